The van der Waals surface area contributed by atoms with Crippen LogP contribution >= 0.6 is 0 Å². The van der Waals surface area contributed by atoms with Gasteiger partial charge in [-0.2, -0.15) is 0 Å². The van der Waals surface area contributed by atoms with E-state index in [4.69, 9.17) is 15.2 Å². The molecule has 1 heterocycles. The number of ether oxygens (including phenoxy) is 2. The molecule has 2 aliphatic rings. The van der Waals surface area contributed by atoms with Crippen LogP contribution in [-0.2, 0) is 0 Å². The first kappa shape index (κ1) is 17.1. The van der Waals surface area contributed by atoms with Crippen LogP contribution in [0.1, 0.15) is 55.8 Å². The number of nitrogens with two attached hydrogens (primary N) is 1. The van der Waals surface area contributed by atoms with E-state index in [0.29, 0.717) is 17.9 Å². The van der Waals surface area contributed by atoms with Gasteiger partial charge in [0.1, 0.15) is 0 Å². The van der Waals surface area contributed by atoms with E-state index in [1.165, 1.54) is 12.8 Å². The highest BCUT2D eigenvalue weighted by atomic mass is 16.5. The van der Waals surface area contributed by atoms with Gasteiger partial charge in [0.2, 0.25) is 0 Å². The van der Waals surface area contributed by atoms with Crippen LogP contribution in [0.25, 0.3) is 0 Å². The summed E-state index contributed by atoms with van der Waals surface area (Å²) in [6.07, 6.45) is 6.60. The minimum atomic E-state index is 0.0418. The van der Waals surface area contributed by atoms with Crippen LogP contribution in [0.5, 0.6) is 11.5 Å². The lowest BCUT2D eigenvalue weighted by Crippen LogP contribution is -2.48. The number of benzene rings is 1. The molecule has 5 nitrogen and oxygen atoms in total. The van der Waals surface area contributed by atoms with Crippen LogP contribution in [0, 0.1) is 0 Å². The van der Waals surface area contributed by atoms with E-state index in [1.54, 1.807) is 13.2 Å². The fourth-order valence-corrected chi connectivity index (χ4v) is 3.76. The molecule has 2 N–H and O–H groups in total. The average molecular weight is 332 g/mol. The van der Waals surface area contributed by atoms with Crippen molar-refractivity contribution in [2.75, 3.05) is 13.7 Å². The van der Waals surface area contributed by atoms with Crippen LogP contribution in [0.3, 0.4) is 0 Å². The van der Waals surface area contributed by atoms with Crippen molar-refractivity contribution in [1.82, 2.24) is 4.90 Å². The molecule has 0 radical (unpaired) electrons. The molecule has 3 rings (SSSR count). The first-order valence-corrected chi connectivity index (χ1v) is 8.99. The lowest BCUT2D eigenvalue weighted by Gasteiger charge is -2.36. The minimum absolute atomic E-state index is 0.0418. The Labute approximate surface area is 144 Å². The molecule has 1 aromatic rings. The van der Waals surface area contributed by atoms with Gasteiger partial charge in [0, 0.05) is 24.2 Å². The maximum Gasteiger partial charge on any atom is 0.254 e. The predicted molar refractivity (Wildman–Crippen MR) is 93.6 cm³/mol. The average Bonchev–Trinajstić information content (AvgIpc) is 3.07. The Hall–Kier alpha value is -1.75. The minimum Gasteiger partial charge on any atom is -0.493 e. The van der Waals surface area contributed by atoms with Gasteiger partial charge in [-0.3, -0.25) is 4.79 Å². The number of likely N-dealkylation sites (tertiary alicyclic amines) is 1. The van der Waals surface area contributed by atoms with Gasteiger partial charge in [-0.25, -0.2) is 0 Å². The Bertz CT molecular complexity index is 584. The fourth-order valence-electron chi connectivity index (χ4n) is 3.76. The summed E-state index contributed by atoms with van der Waals surface area (Å²) in [6.45, 7) is 2.77. The van der Waals surface area contributed by atoms with E-state index in [2.05, 4.69) is 6.92 Å². The Balaban J connectivity index is 1.74. The number of amides is 1. The molecule has 1 amide bonds. The van der Waals surface area contributed by atoms with Crippen molar-refractivity contribution in [2.45, 2.75) is 63.6 Å². The van der Waals surface area contributed by atoms with Crippen LogP contribution < -0.4 is 15.2 Å². The van der Waals surface area contributed by atoms with Gasteiger partial charge in [0.05, 0.1) is 13.2 Å². The third-order valence-corrected chi connectivity index (χ3v) is 5.18. The lowest BCUT2D eigenvalue weighted by atomic mass is 9.98. The molecule has 132 valence electrons. The molecule has 2 fully saturated rings. The van der Waals surface area contributed by atoms with E-state index in [-0.39, 0.29) is 24.1 Å². The van der Waals surface area contributed by atoms with Gasteiger partial charge in [0.15, 0.2) is 11.5 Å². The molecule has 0 aromatic heterocycles. The summed E-state index contributed by atoms with van der Waals surface area (Å²) in [7, 11) is 1.62. The van der Waals surface area contributed by atoms with Gasteiger partial charge in [-0.1, -0.05) is 0 Å². The summed E-state index contributed by atoms with van der Waals surface area (Å²) in [4.78, 5) is 14.7. The van der Waals surface area contributed by atoms with Gasteiger partial charge < -0.3 is 20.1 Å². The van der Waals surface area contributed by atoms with Gasteiger partial charge in [0.25, 0.3) is 5.91 Å². The van der Waals surface area contributed by atoms with Crippen LogP contribution in [0.15, 0.2) is 18.2 Å². The molecule has 5 heteroatoms. The highest BCUT2D eigenvalue weighted by Gasteiger charge is 2.28. The maximum absolute atomic E-state index is 12.8. The van der Waals surface area contributed by atoms with Crippen molar-refractivity contribution >= 4 is 5.91 Å². The summed E-state index contributed by atoms with van der Waals surface area (Å²) in [5, 5.41) is 0. The van der Waals surface area contributed by atoms with E-state index in [1.807, 2.05) is 17.0 Å². The zero-order valence-corrected chi connectivity index (χ0v) is 14.7. The molecular formula is C19H28N2O3. The lowest BCUT2D eigenvalue weighted by molar-refractivity contribution is 0.0618. The molecule has 24 heavy (non-hydrogen) atoms. The third-order valence-electron chi connectivity index (χ3n) is 5.18. The number of methoxy groups -OCH3 is 1. The molecule has 2 atom stereocenters. The van der Waals surface area contributed by atoms with Crippen molar-refractivity contribution in [3.8, 4) is 11.5 Å². The zero-order chi connectivity index (χ0) is 17.1. The van der Waals surface area contributed by atoms with Crippen molar-refractivity contribution in [3.05, 3.63) is 23.8 Å². The first-order chi connectivity index (χ1) is 11.6. The maximum atomic E-state index is 12.8. The van der Waals surface area contributed by atoms with Crippen molar-refractivity contribution in [3.63, 3.8) is 0 Å². The SMILES string of the molecule is COc1cc(C(=O)N2CC[C@H](N)C[C@@H]2C)ccc1OC1CCCC1. The zero-order valence-electron chi connectivity index (χ0n) is 14.7. The Morgan fingerprint density at radius 1 is 1.21 bits per heavy atom. The molecular weight excluding hydrogens is 304 g/mol. The monoisotopic (exact) mass is 332 g/mol. The number of carbonyl (C=O) groups is 1. The van der Waals surface area contributed by atoms with Crippen molar-refractivity contribution in [1.29, 1.82) is 0 Å². The molecule has 1 saturated carbocycles. The second kappa shape index (κ2) is 7.43. The molecule has 1 aliphatic heterocycles. The Morgan fingerprint density at radius 3 is 2.62 bits per heavy atom. The van der Waals surface area contributed by atoms with Crippen LogP contribution in [0.4, 0.5) is 0 Å². The van der Waals surface area contributed by atoms with E-state index in [9.17, 15) is 4.79 Å². The predicted octanol–water partition coefficient (Wildman–Crippen LogP) is 2.97. The Morgan fingerprint density at radius 2 is 1.96 bits per heavy atom. The summed E-state index contributed by atoms with van der Waals surface area (Å²) in [5.74, 6) is 1.41. The van der Waals surface area contributed by atoms with E-state index < -0.39 is 0 Å². The third kappa shape index (κ3) is 3.66. The number of nitrogens with zero attached hydrogens (tertiary/aromatic N) is 1. The highest BCUT2D eigenvalue weighted by molar-refractivity contribution is 5.95. The molecule has 1 saturated heterocycles. The Kier molecular flexibility index (Phi) is 5.29. The molecule has 0 spiro atoms. The second-order valence-corrected chi connectivity index (χ2v) is 7.02. The summed E-state index contributed by atoms with van der Waals surface area (Å²) in [6, 6.07) is 5.87. The number of hydrogen-bond acceptors (Lipinski definition) is 4. The summed E-state index contributed by atoms with van der Waals surface area (Å²) in [5.41, 5.74) is 6.64. The largest absolute Gasteiger partial charge is 0.493 e. The van der Waals surface area contributed by atoms with Gasteiger partial charge >= 0.3 is 0 Å². The molecule has 1 aliphatic carbocycles. The van der Waals surface area contributed by atoms with Gasteiger partial charge in [-0.05, 0) is 63.6 Å². The summed E-state index contributed by atoms with van der Waals surface area (Å²) >= 11 is 0. The van der Waals surface area contributed by atoms with E-state index in [0.717, 1.165) is 31.4 Å². The standard InChI is InChI=1S/C19H28N2O3/c1-13-11-15(20)9-10-21(13)19(22)14-7-8-17(18(12-14)23-2)24-16-5-3-4-6-16/h7-8,12-13,15-16H,3-6,9-11,20H2,1-2H3/t13-,15-/m0/s1. The fraction of sp³-hybridized carbons (Fsp3) is 0.632. The van der Waals surface area contributed by atoms with Crippen molar-refractivity contribution < 1.29 is 14.3 Å². The second-order valence-electron chi connectivity index (χ2n) is 7.02. The van der Waals surface area contributed by atoms with Gasteiger partial charge in [-0.15, -0.1) is 0 Å². The smallest absolute Gasteiger partial charge is 0.254 e. The van der Waals surface area contributed by atoms with Crippen LogP contribution in [-0.4, -0.2) is 42.6 Å². The normalized spacial score (nSPS) is 24.9. The van der Waals surface area contributed by atoms with Crippen molar-refractivity contribution in [2.24, 2.45) is 5.73 Å². The topological polar surface area (TPSA) is 64.8 Å². The molecule has 1 aromatic carbocycles. The van der Waals surface area contributed by atoms with Crippen LogP contribution in [0.2, 0.25) is 0 Å². The first-order valence-electron chi connectivity index (χ1n) is 8.99. The number of hydrogen-bond donors (Lipinski definition) is 1. The summed E-state index contributed by atoms with van der Waals surface area (Å²) < 4.78 is 11.5. The number of carbonyl (C=O) groups excluding carboxylic acids is 1. The molecule has 0 bridgehead atoms. The number of rotatable bonds is 4. The highest BCUT2D eigenvalue weighted by Crippen LogP contribution is 2.33. The van der Waals surface area contributed by atoms with E-state index >= 15 is 0 Å². The number of piperidine rings is 1. The quantitative estimate of drug-likeness (QED) is 0.920. The molecule has 0 unspecified atom stereocenters.